The normalized spacial score (nSPS) is 12.8. The molecule has 0 aliphatic carbocycles. The predicted octanol–water partition coefficient (Wildman–Crippen LogP) is 2.27. The Morgan fingerprint density at radius 1 is 1.62 bits per heavy atom. The van der Waals surface area contributed by atoms with E-state index in [9.17, 15) is 0 Å². The molecule has 3 nitrogen and oxygen atoms in total. The summed E-state index contributed by atoms with van der Waals surface area (Å²) in [5.41, 5.74) is 0. The molecule has 0 fully saturated rings. The lowest BCUT2D eigenvalue weighted by atomic mass is 10.1. The lowest BCUT2D eigenvalue weighted by Gasteiger charge is -2.12. The second-order valence-corrected chi connectivity index (χ2v) is 3.61. The van der Waals surface area contributed by atoms with Gasteiger partial charge in [-0.1, -0.05) is 20.3 Å². The molecule has 13 heavy (non-hydrogen) atoms. The van der Waals surface area contributed by atoms with Gasteiger partial charge in [-0.3, -0.25) is 4.68 Å². The highest BCUT2D eigenvalue weighted by molar-refractivity contribution is 5.33. The van der Waals surface area contributed by atoms with Crippen LogP contribution in [0.25, 0.3) is 0 Å². The summed E-state index contributed by atoms with van der Waals surface area (Å²) in [6.07, 6.45) is 4.35. The fraction of sp³-hybridized carbons (Fsp3) is 0.700. The van der Waals surface area contributed by atoms with E-state index in [1.165, 1.54) is 12.8 Å². The highest BCUT2D eigenvalue weighted by Crippen LogP contribution is 2.08. The summed E-state index contributed by atoms with van der Waals surface area (Å²) in [5.74, 6) is 1.84. The molecule has 1 heterocycles. The average molecular weight is 181 g/mol. The van der Waals surface area contributed by atoms with Crippen molar-refractivity contribution in [3.05, 3.63) is 12.3 Å². The van der Waals surface area contributed by atoms with Gasteiger partial charge < -0.3 is 5.32 Å². The van der Waals surface area contributed by atoms with Gasteiger partial charge in [0, 0.05) is 19.7 Å². The zero-order valence-electron chi connectivity index (χ0n) is 8.75. The van der Waals surface area contributed by atoms with E-state index < -0.39 is 0 Å². The molecule has 0 spiro atoms. The number of aromatic nitrogens is 2. The molecule has 0 aliphatic heterocycles. The maximum atomic E-state index is 4.09. The minimum Gasteiger partial charge on any atom is -0.370 e. The van der Waals surface area contributed by atoms with Crippen LogP contribution in [-0.2, 0) is 7.05 Å². The van der Waals surface area contributed by atoms with Gasteiger partial charge in [0.25, 0.3) is 0 Å². The summed E-state index contributed by atoms with van der Waals surface area (Å²) >= 11 is 0. The SMILES string of the molecule is CCCC(C)CNc1ccnn1C. The first kappa shape index (κ1) is 10.1. The van der Waals surface area contributed by atoms with Crippen LogP contribution >= 0.6 is 0 Å². The molecular weight excluding hydrogens is 162 g/mol. The van der Waals surface area contributed by atoms with Crippen LogP contribution in [0.5, 0.6) is 0 Å². The monoisotopic (exact) mass is 181 g/mol. The zero-order valence-corrected chi connectivity index (χ0v) is 8.75. The fourth-order valence-electron chi connectivity index (χ4n) is 1.42. The minimum absolute atomic E-state index is 0.736. The highest BCUT2D eigenvalue weighted by atomic mass is 15.3. The number of rotatable bonds is 5. The van der Waals surface area contributed by atoms with Gasteiger partial charge in [-0.15, -0.1) is 0 Å². The van der Waals surface area contributed by atoms with Gasteiger partial charge in [0.1, 0.15) is 5.82 Å². The zero-order chi connectivity index (χ0) is 9.68. The molecule has 0 aliphatic rings. The first-order valence-corrected chi connectivity index (χ1v) is 4.96. The van der Waals surface area contributed by atoms with Crippen molar-refractivity contribution in [3.8, 4) is 0 Å². The van der Waals surface area contributed by atoms with Gasteiger partial charge in [-0.2, -0.15) is 5.10 Å². The van der Waals surface area contributed by atoms with Crippen LogP contribution in [0.2, 0.25) is 0 Å². The summed E-state index contributed by atoms with van der Waals surface area (Å²) in [7, 11) is 1.95. The van der Waals surface area contributed by atoms with Crippen molar-refractivity contribution in [3.63, 3.8) is 0 Å². The van der Waals surface area contributed by atoms with Crippen LogP contribution in [0.4, 0.5) is 5.82 Å². The second-order valence-electron chi connectivity index (χ2n) is 3.61. The third-order valence-corrected chi connectivity index (χ3v) is 2.23. The largest absolute Gasteiger partial charge is 0.370 e. The van der Waals surface area contributed by atoms with Crippen molar-refractivity contribution in [1.29, 1.82) is 0 Å². The van der Waals surface area contributed by atoms with Crippen molar-refractivity contribution < 1.29 is 0 Å². The van der Waals surface area contributed by atoms with Crippen LogP contribution in [0, 0.1) is 5.92 Å². The van der Waals surface area contributed by atoms with Gasteiger partial charge in [0.2, 0.25) is 0 Å². The molecule has 1 N–H and O–H groups in total. The number of hydrogen-bond acceptors (Lipinski definition) is 2. The highest BCUT2D eigenvalue weighted by Gasteiger charge is 2.01. The fourth-order valence-corrected chi connectivity index (χ4v) is 1.42. The van der Waals surface area contributed by atoms with Gasteiger partial charge in [0.15, 0.2) is 0 Å². The van der Waals surface area contributed by atoms with E-state index in [4.69, 9.17) is 0 Å². The van der Waals surface area contributed by atoms with Gasteiger partial charge >= 0.3 is 0 Å². The first-order valence-electron chi connectivity index (χ1n) is 4.96. The molecule has 0 saturated carbocycles. The van der Waals surface area contributed by atoms with Crippen molar-refractivity contribution in [2.75, 3.05) is 11.9 Å². The lowest BCUT2D eigenvalue weighted by molar-refractivity contribution is 0.548. The van der Waals surface area contributed by atoms with Crippen molar-refractivity contribution in [1.82, 2.24) is 9.78 Å². The van der Waals surface area contributed by atoms with Crippen LogP contribution in [0.1, 0.15) is 26.7 Å². The Morgan fingerprint density at radius 3 is 2.92 bits per heavy atom. The topological polar surface area (TPSA) is 29.9 Å². The van der Waals surface area contributed by atoms with Crippen LogP contribution in [0.3, 0.4) is 0 Å². The maximum Gasteiger partial charge on any atom is 0.123 e. The molecule has 3 heteroatoms. The molecule has 1 rings (SSSR count). The molecule has 1 atom stereocenters. The smallest absolute Gasteiger partial charge is 0.123 e. The van der Waals surface area contributed by atoms with Crippen molar-refractivity contribution >= 4 is 5.82 Å². The molecule has 0 amide bonds. The molecule has 0 saturated heterocycles. The first-order chi connectivity index (χ1) is 6.24. The number of nitrogens with one attached hydrogen (secondary N) is 1. The van der Waals surface area contributed by atoms with Crippen molar-refractivity contribution in [2.24, 2.45) is 13.0 Å². The minimum atomic E-state index is 0.736. The molecule has 74 valence electrons. The number of aryl methyl sites for hydroxylation is 1. The van der Waals surface area contributed by atoms with Gasteiger partial charge in [0.05, 0.1) is 6.20 Å². The Balaban J connectivity index is 2.30. The van der Waals surface area contributed by atoms with Crippen LogP contribution in [0.15, 0.2) is 12.3 Å². The maximum absolute atomic E-state index is 4.09. The Bertz CT molecular complexity index is 242. The Labute approximate surface area is 80.1 Å². The number of nitrogens with zero attached hydrogens (tertiary/aromatic N) is 2. The predicted molar refractivity (Wildman–Crippen MR) is 55.8 cm³/mol. The molecular formula is C10H19N3. The third kappa shape index (κ3) is 3.09. The third-order valence-electron chi connectivity index (χ3n) is 2.23. The molecule has 0 radical (unpaired) electrons. The molecule has 1 unspecified atom stereocenters. The van der Waals surface area contributed by atoms with E-state index >= 15 is 0 Å². The van der Waals surface area contributed by atoms with Gasteiger partial charge in [-0.05, 0) is 12.3 Å². The summed E-state index contributed by atoms with van der Waals surface area (Å²) in [4.78, 5) is 0. The van der Waals surface area contributed by atoms with E-state index in [0.29, 0.717) is 0 Å². The number of hydrogen-bond donors (Lipinski definition) is 1. The Hall–Kier alpha value is -0.990. The Kier molecular flexibility index (Phi) is 3.80. The molecule has 0 bridgehead atoms. The van der Waals surface area contributed by atoms with Gasteiger partial charge in [-0.25, -0.2) is 0 Å². The second kappa shape index (κ2) is 4.90. The van der Waals surface area contributed by atoms with Crippen molar-refractivity contribution in [2.45, 2.75) is 26.7 Å². The van der Waals surface area contributed by atoms with Crippen LogP contribution < -0.4 is 5.32 Å². The molecule has 1 aromatic heterocycles. The van der Waals surface area contributed by atoms with E-state index in [2.05, 4.69) is 24.3 Å². The quantitative estimate of drug-likeness (QED) is 0.755. The lowest BCUT2D eigenvalue weighted by Crippen LogP contribution is -2.13. The number of anilines is 1. The molecule has 0 aromatic carbocycles. The molecule has 1 aromatic rings. The van der Waals surface area contributed by atoms with E-state index in [1.54, 1.807) is 0 Å². The van der Waals surface area contributed by atoms with Crippen LogP contribution in [-0.4, -0.2) is 16.3 Å². The Morgan fingerprint density at radius 2 is 2.38 bits per heavy atom. The van der Waals surface area contributed by atoms with E-state index in [1.807, 2.05) is 24.0 Å². The summed E-state index contributed by atoms with van der Waals surface area (Å²) in [6, 6.07) is 2.00. The average Bonchev–Trinajstić information content (AvgIpc) is 2.48. The standard InChI is InChI=1S/C10H19N3/c1-4-5-9(2)8-11-10-6-7-12-13(10)3/h6-7,9,11H,4-5,8H2,1-3H3. The van der Waals surface area contributed by atoms with E-state index in [0.717, 1.165) is 18.3 Å². The summed E-state index contributed by atoms with van der Waals surface area (Å²) in [6.45, 7) is 5.53. The van der Waals surface area contributed by atoms with E-state index in [-0.39, 0.29) is 0 Å². The summed E-state index contributed by atoms with van der Waals surface area (Å²) in [5, 5.41) is 7.47. The summed E-state index contributed by atoms with van der Waals surface area (Å²) < 4.78 is 1.86.